The van der Waals surface area contributed by atoms with E-state index in [-0.39, 0.29) is 12.0 Å². The van der Waals surface area contributed by atoms with E-state index in [1.54, 1.807) is 6.07 Å². The number of para-hydroxylation sites is 1. The Morgan fingerprint density at radius 1 is 0.975 bits per heavy atom. The smallest absolute Gasteiger partial charge is 0.162 e. The van der Waals surface area contributed by atoms with E-state index in [9.17, 15) is 0 Å². The second-order valence-electron chi connectivity index (χ2n) is 11.9. The third kappa shape index (κ3) is 4.42. The molecule has 0 unspecified atom stereocenters. The van der Waals surface area contributed by atoms with Crippen LogP contribution >= 0.6 is 0 Å². The molecule has 0 fully saturated rings. The van der Waals surface area contributed by atoms with Crippen molar-refractivity contribution in [2.45, 2.75) is 80.8 Å². The molecular weight excluding hydrogens is 495 g/mol. The van der Waals surface area contributed by atoms with Crippen LogP contribution in [0.3, 0.4) is 0 Å². The Morgan fingerprint density at radius 2 is 1.62 bits per heavy atom. The molecule has 3 nitrogen and oxygen atoms in total. The molecule has 3 atom stereocenters. The van der Waals surface area contributed by atoms with Gasteiger partial charge < -0.3 is 14.2 Å². The molecule has 0 saturated heterocycles. The number of nitrogens with zero attached hydrogens (tertiary/aromatic N) is 2. The van der Waals surface area contributed by atoms with E-state index < -0.39 is 0 Å². The summed E-state index contributed by atoms with van der Waals surface area (Å²) in [5, 5.41) is 1.36. The number of allylic oxidation sites excluding steroid dienone is 2. The summed E-state index contributed by atoms with van der Waals surface area (Å²) in [5.41, 5.74) is 12.4. The molecule has 0 spiro atoms. The fourth-order valence-corrected chi connectivity index (χ4v) is 6.43. The highest BCUT2D eigenvalue weighted by Gasteiger charge is 2.33. The van der Waals surface area contributed by atoms with Gasteiger partial charge in [0.2, 0.25) is 0 Å². The molecule has 0 N–H and O–H groups in total. The third-order valence-electron chi connectivity index (χ3n) is 9.56. The van der Waals surface area contributed by atoms with Crippen molar-refractivity contribution < 1.29 is 8.81 Å². The van der Waals surface area contributed by atoms with Crippen molar-refractivity contribution in [2.75, 3.05) is 11.9 Å². The van der Waals surface area contributed by atoms with Crippen molar-refractivity contribution in [1.29, 1.82) is 0 Å². The average molecular weight is 539 g/mol. The predicted molar refractivity (Wildman–Crippen MR) is 168 cm³/mol. The molecule has 5 rings (SSSR count). The standard InChI is InChI=1S/C36H43FN2O/c1-11-20(2)24(6)25(7)26(8)28-16-21(3)33(22(4)17-28)31-19-39(27(9)38(31)10)35-23(5)18-30(37)34-29-14-12-13-15-32(29)40-36(34)35/h12-20,26-27H,11H2,1-10H3/b25-24-/t20-,26+,27+/m0/s1. The summed E-state index contributed by atoms with van der Waals surface area (Å²) in [6.07, 6.45) is 3.42. The van der Waals surface area contributed by atoms with Gasteiger partial charge in [-0.1, -0.05) is 62.2 Å². The molecule has 210 valence electrons. The largest absolute Gasteiger partial charge is 0.454 e. The summed E-state index contributed by atoms with van der Waals surface area (Å²) in [7, 11) is 2.14. The number of benzene rings is 3. The predicted octanol–water partition coefficient (Wildman–Crippen LogP) is 10.2. The van der Waals surface area contributed by atoms with Gasteiger partial charge in [-0.05, 0) is 88.3 Å². The SMILES string of the molecule is CC[C@H](C)/C(C)=C(/C)[C@@H](C)c1cc(C)c(C2=CN(c3c(C)cc(F)c4c3oc3ccccc34)[C@H](C)N2C)c(C)c1. The summed E-state index contributed by atoms with van der Waals surface area (Å²) < 4.78 is 21.6. The van der Waals surface area contributed by atoms with Crippen LogP contribution in [-0.4, -0.2) is 18.1 Å². The Bertz CT molecular complexity index is 1650. The van der Waals surface area contributed by atoms with Gasteiger partial charge in [-0.15, -0.1) is 0 Å². The lowest BCUT2D eigenvalue weighted by Crippen LogP contribution is -2.35. The minimum atomic E-state index is -0.241. The molecule has 3 aromatic carbocycles. The van der Waals surface area contributed by atoms with Gasteiger partial charge in [-0.3, -0.25) is 0 Å². The van der Waals surface area contributed by atoms with E-state index in [0.717, 1.165) is 28.8 Å². The van der Waals surface area contributed by atoms with Crippen LogP contribution in [0.4, 0.5) is 10.1 Å². The monoisotopic (exact) mass is 538 g/mol. The summed E-state index contributed by atoms with van der Waals surface area (Å²) >= 11 is 0. The highest BCUT2D eigenvalue weighted by molar-refractivity contribution is 6.10. The normalized spacial score (nSPS) is 18.0. The highest BCUT2D eigenvalue weighted by atomic mass is 19.1. The first-order chi connectivity index (χ1) is 19.0. The van der Waals surface area contributed by atoms with Crippen molar-refractivity contribution in [1.82, 2.24) is 4.90 Å². The minimum Gasteiger partial charge on any atom is -0.454 e. The Balaban J connectivity index is 1.61. The quantitative estimate of drug-likeness (QED) is 0.228. The fraction of sp³-hybridized carbons (Fsp3) is 0.389. The zero-order chi connectivity index (χ0) is 29.0. The Kier molecular flexibility index (Phi) is 7.33. The fourth-order valence-electron chi connectivity index (χ4n) is 6.43. The van der Waals surface area contributed by atoms with E-state index in [1.165, 1.54) is 33.4 Å². The number of hydrogen-bond donors (Lipinski definition) is 0. The van der Waals surface area contributed by atoms with E-state index in [4.69, 9.17) is 4.42 Å². The van der Waals surface area contributed by atoms with Crippen LogP contribution in [0.2, 0.25) is 0 Å². The molecule has 0 amide bonds. The summed E-state index contributed by atoms with van der Waals surface area (Å²) in [6.45, 7) is 20.1. The van der Waals surface area contributed by atoms with Gasteiger partial charge in [0.15, 0.2) is 5.58 Å². The first-order valence-electron chi connectivity index (χ1n) is 14.6. The van der Waals surface area contributed by atoms with Crippen LogP contribution in [0.15, 0.2) is 64.2 Å². The van der Waals surface area contributed by atoms with Crippen LogP contribution in [0.1, 0.15) is 81.7 Å². The van der Waals surface area contributed by atoms with E-state index in [1.807, 2.05) is 31.2 Å². The van der Waals surface area contributed by atoms with Crippen LogP contribution in [-0.2, 0) is 0 Å². The van der Waals surface area contributed by atoms with Crippen molar-refractivity contribution in [3.63, 3.8) is 0 Å². The molecule has 4 aromatic rings. The molecule has 2 heterocycles. The van der Waals surface area contributed by atoms with Gasteiger partial charge in [0, 0.05) is 30.1 Å². The number of fused-ring (bicyclic) bond motifs is 3. The third-order valence-corrected chi connectivity index (χ3v) is 9.56. The first kappa shape index (κ1) is 28.0. The lowest BCUT2D eigenvalue weighted by Gasteiger charge is -2.30. The minimum absolute atomic E-state index is 0.0383. The maximum atomic E-state index is 15.3. The molecular formula is C36H43FN2O. The lowest BCUT2D eigenvalue weighted by atomic mass is 9.84. The number of aryl methyl sites for hydroxylation is 3. The number of halogens is 1. The zero-order valence-electron chi connectivity index (χ0n) is 25.7. The van der Waals surface area contributed by atoms with Crippen molar-refractivity contribution in [3.8, 4) is 0 Å². The van der Waals surface area contributed by atoms with Gasteiger partial charge in [-0.25, -0.2) is 4.39 Å². The maximum absolute atomic E-state index is 15.3. The topological polar surface area (TPSA) is 19.6 Å². The van der Waals surface area contributed by atoms with Gasteiger partial charge in [-0.2, -0.15) is 0 Å². The number of rotatable bonds is 6. The Morgan fingerprint density at radius 3 is 2.27 bits per heavy atom. The summed E-state index contributed by atoms with van der Waals surface area (Å²) in [5.74, 6) is 0.728. The number of anilines is 1. The van der Waals surface area contributed by atoms with Gasteiger partial charge in [0.05, 0.1) is 16.8 Å². The second-order valence-corrected chi connectivity index (χ2v) is 11.9. The molecule has 0 bridgehead atoms. The van der Waals surface area contributed by atoms with Crippen LogP contribution in [0.5, 0.6) is 0 Å². The average Bonchev–Trinajstić information content (AvgIpc) is 3.44. The number of hydrogen-bond acceptors (Lipinski definition) is 3. The molecule has 1 aliphatic rings. The van der Waals surface area contributed by atoms with E-state index in [2.05, 4.69) is 90.6 Å². The first-order valence-corrected chi connectivity index (χ1v) is 14.6. The molecule has 1 aromatic heterocycles. The van der Waals surface area contributed by atoms with E-state index in [0.29, 0.717) is 28.4 Å². The van der Waals surface area contributed by atoms with Crippen molar-refractivity contribution in [2.24, 2.45) is 5.92 Å². The molecule has 0 radical (unpaired) electrons. The molecule has 40 heavy (non-hydrogen) atoms. The Hall–Kier alpha value is -3.53. The summed E-state index contributed by atoms with van der Waals surface area (Å²) in [4.78, 5) is 4.56. The van der Waals surface area contributed by atoms with Crippen LogP contribution in [0.25, 0.3) is 27.6 Å². The molecule has 4 heteroatoms. The van der Waals surface area contributed by atoms with Gasteiger partial charge in [0.25, 0.3) is 0 Å². The molecule has 0 saturated carbocycles. The molecule has 1 aliphatic heterocycles. The van der Waals surface area contributed by atoms with E-state index >= 15 is 4.39 Å². The van der Waals surface area contributed by atoms with Crippen molar-refractivity contribution in [3.05, 3.63) is 93.4 Å². The van der Waals surface area contributed by atoms with Crippen LogP contribution in [0, 0.1) is 32.5 Å². The zero-order valence-corrected chi connectivity index (χ0v) is 25.7. The Labute approximate surface area is 239 Å². The molecule has 0 aliphatic carbocycles. The van der Waals surface area contributed by atoms with Crippen molar-refractivity contribution >= 4 is 33.3 Å². The van der Waals surface area contributed by atoms with Crippen LogP contribution < -0.4 is 4.90 Å². The second kappa shape index (κ2) is 10.5. The van der Waals surface area contributed by atoms with Gasteiger partial charge in [0.1, 0.15) is 17.6 Å². The number of furan rings is 1. The summed E-state index contributed by atoms with van der Waals surface area (Å²) in [6, 6.07) is 14.1. The maximum Gasteiger partial charge on any atom is 0.162 e. The highest BCUT2D eigenvalue weighted by Crippen LogP contribution is 2.44. The lowest BCUT2D eigenvalue weighted by molar-refractivity contribution is 0.399. The van der Waals surface area contributed by atoms with Gasteiger partial charge >= 0.3 is 0 Å².